The smallest absolute Gasteiger partial charge is 0.477 e. The van der Waals surface area contributed by atoms with Gasteiger partial charge in [0.25, 0.3) is 5.91 Å². The number of benzene rings is 2. The minimum atomic E-state index is -1.53. The van der Waals surface area contributed by atoms with E-state index in [0.29, 0.717) is 58.3 Å². The molecule has 0 bridgehead atoms. The number of primary amides is 1. The van der Waals surface area contributed by atoms with E-state index in [-0.39, 0.29) is 0 Å². The highest BCUT2D eigenvalue weighted by molar-refractivity contribution is 6.58. The van der Waals surface area contributed by atoms with E-state index in [0.717, 1.165) is 24.0 Å². The summed E-state index contributed by atoms with van der Waals surface area (Å²) in [6, 6.07) is 12.2. The lowest BCUT2D eigenvalue weighted by molar-refractivity contribution is 0.100. The van der Waals surface area contributed by atoms with Crippen molar-refractivity contribution in [1.29, 1.82) is 0 Å². The van der Waals surface area contributed by atoms with Crippen molar-refractivity contribution >= 4 is 35.2 Å². The summed E-state index contributed by atoms with van der Waals surface area (Å²) >= 11 is 0. The molecule has 0 fully saturated rings. The number of carbonyl (C=O) groups is 1. The SMILES string of the molecule is NC(=O)c1cccc2c(-c3nc(NCc4cccc(B(O)O)c4)c4c(n3)OCCC4)[nH]nc12. The first-order chi connectivity index (χ1) is 16.0. The predicted octanol–water partition coefficient (Wildman–Crippen LogP) is 0.736. The van der Waals surface area contributed by atoms with Gasteiger partial charge in [-0.3, -0.25) is 9.89 Å². The lowest BCUT2D eigenvalue weighted by Gasteiger charge is -2.20. The topological polar surface area (TPSA) is 159 Å². The zero-order valence-electron chi connectivity index (χ0n) is 17.6. The van der Waals surface area contributed by atoms with Gasteiger partial charge in [0, 0.05) is 11.9 Å². The highest BCUT2D eigenvalue weighted by Crippen LogP contribution is 2.33. The molecule has 5 rings (SSSR count). The molecule has 166 valence electrons. The number of hydrogen-bond acceptors (Lipinski definition) is 8. The second-order valence-corrected chi connectivity index (χ2v) is 7.77. The van der Waals surface area contributed by atoms with Crippen LogP contribution in [0.5, 0.6) is 5.88 Å². The molecule has 10 nitrogen and oxygen atoms in total. The summed E-state index contributed by atoms with van der Waals surface area (Å²) in [5.41, 5.74) is 8.96. The molecule has 2 aromatic carbocycles. The Hall–Kier alpha value is -3.96. The minimum Gasteiger partial charge on any atom is -0.477 e. The number of para-hydroxylation sites is 1. The molecule has 1 aliphatic heterocycles. The molecule has 0 radical (unpaired) electrons. The van der Waals surface area contributed by atoms with Crippen LogP contribution in [0.2, 0.25) is 0 Å². The minimum absolute atomic E-state index is 0.313. The van der Waals surface area contributed by atoms with Gasteiger partial charge in [0.2, 0.25) is 5.88 Å². The summed E-state index contributed by atoms with van der Waals surface area (Å²) in [6.07, 6.45) is 1.62. The fraction of sp³-hybridized carbons (Fsp3) is 0.182. The Balaban J connectivity index is 1.54. The van der Waals surface area contributed by atoms with Crippen molar-refractivity contribution in [2.45, 2.75) is 19.4 Å². The fourth-order valence-corrected chi connectivity index (χ4v) is 3.94. The molecular formula is C22H21BN6O4. The van der Waals surface area contributed by atoms with E-state index in [4.69, 9.17) is 15.5 Å². The van der Waals surface area contributed by atoms with E-state index in [9.17, 15) is 14.8 Å². The standard InChI is InChI=1S/C22H21BN6O4/c24-19(30)15-7-2-6-14-17(15)28-29-18(14)21-26-20(16-8-3-9-33-22(16)27-21)25-11-12-4-1-5-13(10-12)23(31)32/h1-2,4-7,10,31-32H,3,8-9,11H2,(H2,24,30)(H,28,29)(H,25,26,27). The monoisotopic (exact) mass is 444 g/mol. The van der Waals surface area contributed by atoms with Gasteiger partial charge in [-0.1, -0.05) is 36.4 Å². The number of aromatic nitrogens is 4. The molecule has 6 N–H and O–H groups in total. The Labute approximate surface area is 189 Å². The molecular weight excluding hydrogens is 423 g/mol. The number of fused-ring (bicyclic) bond motifs is 2. The summed E-state index contributed by atoms with van der Waals surface area (Å²) < 4.78 is 5.81. The highest BCUT2D eigenvalue weighted by atomic mass is 16.5. The van der Waals surface area contributed by atoms with Crippen LogP contribution < -0.4 is 21.3 Å². The molecule has 0 saturated carbocycles. The summed E-state index contributed by atoms with van der Waals surface area (Å²) in [6.45, 7) is 0.980. The van der Waals surface area contributed by atoms with Crippen LogP contribution in [0.3, 0.4) is 0 Å². The summed E-state index contributed by atoms with van der Waals surface area (Å²) in [5.74, 6) is 0.938. The number of nitrogens with two attached hydrogens (primary N) is 1. The maximum Gasteiger partial charge on any atom is 0.488 e. The first kappa shape index (κ1) is 20.9. The third-order valence-corrected chi connectivity index (χ3v) is 5.56. The Morgan fingerprint density at radius 3 is 2.88 bits per heavy atom. The number of nitrogens with zero attached hydrogens (tertiary/aromatic N) is 3. The van der Waals surface area contributed by atoms with Gasteiger partial charge in [-0.05, 0) is 29.9 Å². The fourth-order valence-electron chi connectivity index (χ4n) is 3.94. The number of hydrogen-bond donors (Lipinski definition) is 5. The van der Waals surface area contributed by atoms with Crippen molar-refractivity contribution in [3.05, 3.63) is 59.2 Å². The van der Waals surface area contributed by atoms with E-state index in [2.05, 4.69) is 20.5 Å². The van der Waals surface area contributed by atoms with Gasteiger partial charge < -0.3 is 25.8 Å². The molecule has 0 unspecified atom stereocenters. The lowest BCUT2D eigenvalue weighted by Crippen LogP contribution is -2.30. The Morgan fingerprint density at radius 1 is 1.21 bits per heavy atom. The van der Waals surface area contributed by atoms with E-state index in [1.54, 1.807) is 30.3 Å². The third-order valence-electron chi connectivity index (χ3n) is 5.56. The van der Waals surface area contributed by atoms with Gasteiger partial charge in [-0.25, -0.2) is 4.98 Å². The van der Waals surface area contributed by atoms with Gasteiger partial charge in [0.1, 0.15) is 17.0 Å². The van der Waals surface area contributed by atoms with E-state index < -0.39 is 13.0 Å². The second kappa shape index (κ2) is 8.53. The van der Waals surface area contributed by atoms with Gasteiger partial charge >= 0.3 is 7.12 Å². The van der Waals surface area contributed by atoms with Gasteiger partial charge in [0.15, 0.2) is 5.82 Å². The maximum absolute atomic E-state index is 11.8. The van der Waals surface area contributed by atoms with Crippen LogP contribution in [0.4, 0.5) is 5.82 Å². The molecule has 0 spiro atoms. The van der Waals surface area contributed by atoms with E-state index in [1.165, 1.54) is 0 Å². The Bertz CT molecular complexity index is 1360. The normalized spacial score (nSPS) is 12.8. The molecule has 4 aromatic rings. The molecule has 2 aromatic heterocycles. The molecule has 1 aliphatic rings. The number of amides is 1. The Kier molecular flexibility index (Phi) is 5.41. The maximum atomic E-state index is 11.8. The van der Waals surface area contributed by atoms with Crippen LogP contribution in [0.15, 0.2) is 42.5 Å². The Morgan fingerprint density at radius 2 is 2.06 bits per heavy atom. The zero-order valence-corrected chi connectivity index (χ0v) is 17.6. The van der Waals surface area contributed by atoms with Crippen LogP contribution in [0.1, 0.15) is 27.9 Å². The summed E-state index contributed by atoms with van der Waals surface area (Å²) in [5, 5.41) is 30.1. The molecule has 3 heterocycles. The molecule has 11 heteroatoms. The number of H-pyrrole nitrogens is 1. The van der Waals surface area contributed by atoms with Crippen molar-refractivity contribution in [1.82, 2.24) is 20.2 Å². The van der Waals surface area contributed by atoms with Gasteiger partial charge in [0.05, 0.1) is 17.7 Å². The van der Waals surface area contributed by atoms with Gasteiger partial charge in [-0.2, -0.15) is 10.1 Å². The van der Waals surface area contributed by atoms with Crippen molar-refractivity contribution in [2.24, 2.45) is 5.73 Å². The molecule has 0 saturated heterocycles. The van der Waals surface area contributed by atoms with Crippen LogP contribution in [-0.2, 0) is 13.0 Å². The third kappa shape index (κ3) is 3.99. The van der Waals surface area contributed by atoms with Crippen LogP contribution in [0.25, 0.3) is 22.4 Å². The number of rotatable bonds is 6. The van der Waals surface area contributed by atoms with Crippen LogP contribution >= 0.6 is 0 Å². The number of nitrogens with one attached hydrogen (secondary N) is 2. The van der Waals surface area contributed by atoms with Crippen LogP contribution in [0, 0.1) is 0 Å². The van der Waals surface area contributed by atoms with E-state index in [1.807, 2.05) is 12.1 Å². The van der Waals surface area contributed by atoms with Crippen molar-refractivity contribution in [2.75, 3.05) is 11.9 Å². The highest BCUT2D eigenvalue weighted by Gasteiger charge is 2.22. The van der Waals surface area contributed by atoms with Crippen molar-refractivity contribution in [3.63, 3.8) is 0 Å². The summed E-state index contributed by atoms with van der Waals surface area (Å²) in [4.78, 5) is 21.1. The molecule has 33 heavy (non-hydrogen) atoms. The average Bonchev–Trinajstić information content (AvgIpc) is 3.26. The molecule has 0 atom stereocenters. The van der Waals surface area contributed by atoms with Crippen molar-refractivity contribution < 1.29 is 19.6 Å². The van der Waals surface area contributed by atoms with E-state index >= 15 is 0 Å². The second-order valence-electron chi connectivity index (χ2n) is 7.77. The first-order valence-electron chi connectivity index (χ1n) is 10.5. The van der Waals surface area contributed by atoms with Crippen LogP contribution in [-0.4, -0.2) is 49.8 Å². The number of carbonyl (C=O) groups excluding carboxylic acids is 1. The number of ether oxygens (including phenoxy) is 1. The quantitative estimate of drug-likeness (QED) is 0.272. The van der Waals surface area contributed by atoms with Gasteiger partial charge in [-0.15, -0.1) is 0 Å². The zero-order chi connectivity index (χ0) is 22.9. The molecule has 1 amide bonds. The predicted molar refractivity (Wildman–Crippen MR) is 123 cm³/mol. The molecule has 0 aliphatic carbocycles. The number of aromatic amines is 1. The first-order valence-corrected chi connectivity index (χ1v) is 10.5. The lowest BCUT2D eigenvalue weighted by atomic mass is 9.79. The average molecular weight is 444 g/mol. The summed E-state index contributed by atoms with van der Waals surface area (Å²) in [7, 11) is -1.53. The number of anilines is 1. The largest absolute Gasteiger partial charge is 0.488 e. The van der Waals surface area contributed by atoms with Crippen molar-refractivity contribution in [3.8, 4) is 17.4 Å².